The van der Waals surface area contributed by atoms with Crippen LogP contribution in [0.3, 0.4) is 0 Å². The molecule has 19 heavy (non-hydrogen) atoms. The number of unbranched alkanes of at least 4 members (excludes halogenated alkanes) is 1. The van der Waals surface area contributed by atoms with E-state index in [1.54, 1.807) is 0 Å². The van der Waals surface area contributed by atoms with Crippen LogP contribution in [0, 0.1) is 11.3 Å². The molecule has 2 aromatic carbocycles. The van der Waals surface area contributed by atoms with Crippen LogP contribution >= 0.6 is 0 Å². The largest absolute Gasteiger partial charge is 0.198 e. The summed E-state index contributed by atoms with van der Waals surface area (Å²) in [6.45, 7) is 2.22. The van der Waals surface area contributed by atoms with Gasteiger partial charge in [-0.05, 0) is 35.1 Å². The molecule has 0 N–H and O–H groups in total. The van der Waals surface area contributed by atoms with Crippen LogP contribution in [-0.4, -0.2) is 0 Å². The summed E-state index contributed by atoms with van der Waals surface area (Å²) in [4.78, 5) is 0. The molecule has 0 spiro atoms. The molecule has 1 heteroatoms. The second-order valence-electron chi connectivity index (χ2n) is 4.83. The SMILES string of the molecule is CCCCc1ccc(-c2ccc(CC#N)cc2)cc1. The number of nitrogens with zero attached hydrogens (tertiary/aromatic N) is 1. The Balaban J connectivity index is 2.11. The molecule has 0 fully saturated rings. The van der Waals surface area contributed by atoms with Crippen LogP contribution < -0.4 is 0 Å². The minimum absolute atomic E-state index is 0.482. The van der Waals surface area contributed by atoms with Gasteiger partial charge in [0.1, 0.15) is 0 Å². The van der Waals surface area contributed by atoms with E-state index in [0.29, 0.717) is 6.42 Å². The third kappa shape index (κ3) is 3.69. The number of rotatable bonds is 5. The molecule has 0 aliphatic carbocycles. The van der Waals surface area contributed by atoms with Crippen LogP contribution in [-0.2, 0) is 12.8 Å². The van der Waals surface area contributed by atoms with Gasteiger partial charge in [-0.2, -0.15) is 5.26 Å². The summed E-state index contributed by atoms with van der Waals surface area (Å²) in [5, 5.41) is 8.66. The zero-order chi connectivity index (χ0) is 13.5. The first kappa shape index (κ1) is 13.4. The van der Waals surface area contributed by atoms with Crippen molar-refractivity contribution in [2.24, 2.45) is 0 Å². The standard InChI is InChI=1S/C18H19N/c1-2-3-4-15-5-9-17(10-6-15)18-11-7-16(8-12-18)13-14-19/h5-12H,2-4,13H2,1H3. The van der Waals surface area contributed by atoms with E-state index in [1.807, 2.05) is 12.1 Å². The van der Waals surface area contributed by atoms with Gasteiger partial charge in [-0.3, -0.25) is 0 Å². The lowest BCUT2D eigenvalue weighted by atomic mass is 10.0. The maximum Gasteiger partial charge on any atom is 0.0669 e. The Morgan fingerprint density at radius 3 is 1.84 bits per heavy atom. The quantitative estimate of drug-likeness (QED) is 0.749. The summed E-state index contributed by atoms with van der Waals surface area (Å²) in [6.07, 6.45) is 4.14. The number of aryl methyl sites for hydroxylation is 1. The fourth-order valence-electron chi connectivity index (χ4n) is 2.15. The molecule has 0 aliphatic heterocycles. The third-order valence-electron chi connectivity index (χ3n) is 3.34. The summed E-state index contributed by atoms with van der Waals surface area (Å²) >= 11 is 0. The monoisotopic (exact) mass is 249 g/mol. The molecule has 0 bridgehead atoms. The Bertz CT molecular complexity index is 544. The molecule has 0 unspecified atom stereocenters. The van der Waals surface area contributed by atoms with E-state index in [0.717, 1.165) is 12.0 Å². The molecule has 2 rings (SSSR count). The molecule has 1 nitrogen and oxygen atoms in total. The van der Waals surface area contributed by atoms with Crippen molar-refractivity contribution in [3.05, 3.63) is 59.7 Å². The molecule has 0 saturated carbocycles. The Morgan fingerprint density at radius 1 is 0.842 bits per heavy atom. The minimum Gasteiger partial charge on any atom is -0.198 e. The average Bonchev–Trinajstić information content (AvgIpc) is 2.47. The predicted octanol–water partition coefficient (Wildman–Crippen LogP) is 4.76. The maximum absolute atomic E-state index is 8.66. The Morgan fingerprint density at radius 2 is 1.37 bits per heavy atom. The highest BCUT2D eigenvalue weighted by Crippen LogP contribution is 2.21. The first-order chi connectivity index (χ1) is 9.33. The van der Waals surface area contributed by atoms with Gasteiger partial charge in [0.15, 0.2) is 0 Å². The molecular weight excluding hydrogens is 230 g/mol. The Hall–Kier alpha value is -2.07. The van der Waals surface area contributed by atoms with Crippen LogP contribution in [0.2, 0.25) is 0 Å². The summed E-state index contributed by atoms with van der Waals surface area (Å²) in [5.41, 5.74) is 4.94. The van der Waals surface area contributed by atoms with E-state index in [4.69, 9.17) is 5.26 Å². The average molecular weight is 249 g/mol. The topological polar surface area (TPSA) is 23.8 Å². The maximum atomic E-state index is 8.66. The molecule has 0 amide bonds. The van der Waals surface area contributed by atoms with E-state index < -0.39 is 0 Å². The Kier molecular flexibility index (Phi) is 4.75. The van der Waals surface area contributed by atoms with E-state index in [2.05, 4.69) is 49.4 Å². The molecule has 0 saturated heterocycles. The van der Waals surface area contributed by atoms with Gasteiger partial charge in [0.25, 0.3) is 0 Å². The van der Waals surface area contributed by atoms with Crippen LogP contribution in [0.15, 0.2) is 48.5 Å². The minimum atomic E-state index is 0.482. The van der Waals surface area contributed by atoms with E-state index in [-0.39, 0.29) is 0 Å². The second kappa shape index (κ2) is 6.75. The molecule has 0 heterocycles. The van der Waals surface area contributed by atoms with Crippen molar-refractivity contribution in [1.29, 1.82) is 5.26 Å². The van der Waals surface area contributed by atoms with Gasteiger partial charge in [-0.1, -0.05) is 61.9 Å². The molecule has 0 aromatic heterocycles. The van der Waals surface area contributed by atoms with Gasteiger partial charge in [0, 0.05) is 0 Å². The second-order valence-corrected chi connectivity index (χ2v) is 4.83. The summed E-state index contributed by atoms with van der Waals surface area (Å²) in [7, 11) is 0. The smallest absolute Gasteiger partial charge is 0.0669 e. The van der Waals surface area contributed by atoms with E-state index in [1.165, 1.54) is 29.5 Å². The lowest BCUT2D eigenvalue weighted by molar-refractivity contribution is 0.795. The number of hydrogen-bond acceptors (Lipinski definition) is 1. The van der Waals surface area contributed by atoms with Crippen molar-refractivity contribution >= 4 is 0 Å². The van der Waals surface area contributed by atoms with Crippen molar-refractivity contribution in [3.63, 3.8) is 0 Å². The van der Waals surface area contributed by atoms with Crippen molar-refractivity contribution in [2.75, 3.05) is 0 Å². The van der Waals surface area contributed by atoms with Gasteiger partial charge in [-0.25, -0.2) is 0 Å². The number of hydrogen-bond donors (Lipinski definition) is 0. The lowest BCUT2D eigenvalue weighted by Crippen LogP contribution is -1.86. The molecule has 0 atom stereocenters. The van der Waals surface area contributed by atoms with Gasteiger partial charge in [0.2, 0.25) is 0 Å². The van der Waals surface area contributed by atoms with Crippen LogP contribution in [0.5, 0.6) is 0 Å². The molecule has 0 aliphatic rings. The van der Waals surface area contributed by atoms with Crippen molar-refractivity contribution in [2.45, 2.75) is 32.6 Å². The first-order valence-electron chi connectivity index (χ1n) is 6.88. The zero-order valence-electron chi connectivity index (χ0n) is 11.4. The fraction of sp³-hybridized carbons (Fsp3) is 0.278. The van der Waals surface area contributed by atoms with Crippen molar-refractivity contribution in [3.8, 4) is 17.2 Å². The molecular formula is C18H19N. The van der Waals surface area contributed by atoms with Gasteiger partial charge in [0.05, 0.1) is 12.5 Å². The summed E-state index contributed by atoms with van der Waals surface area (Å²) in [5.74, 6) is 0. The fourth-order valence-corrected chi connectivity index (χ4v) is 2.15. The molecule has 0 radical (unpaired) electrons. The van der Waals surface area contributed by atoms with Crippen LogP contribution in [0.1, 0.15) is 30.9 Å². The third-order valence-corrected chi connectivity index (χ3v) is 3.34. The van der Waals surface area contributed by atoms with Crippen molar-refractivity contribution in [1.82, 2.24) is 0 Å². The van der Waals surface area contributed by atoms with E-state index >= 15 is 0 Å². The van der Waals surface area contributed by atoms with Gasteiger partial charge < -0.3 is 0 Å². The number of benzene rings is 2. The first-order valence-corrected chi connectivity index (χ1v) is 6.88. The van der Waals surface area contributed by atoms with Crippen molar-refractivity contribution < 1.29 is 0 Å². The zero-order valence-corrected chi connectivity index (χ0v) is 11.4. The van der Waals surface area contributed by atoms with E-state index in [9.17, 15) is 0 Å². The Labute approximate surface area is 115 Å². The normalized spacial score (nSPS) is 10.1. The highest BCUT2D eigenvalue weighted by atomic mass is 14.2. The van der Waals surface area contributed by atoms with Crippen LogP contribution in [0.25, 0.3) is 11.1 Å². The summed E-state index contributed by atoms with van der Waals surface area (Å²) in [6, 6.07) is 19.2. The van der Waals surface area contributed by atoms with Crippen LogP contribution in [0.4, 0.5) is 0 Å². The van der Waals surface area contributed by atoms with Gasteiger partial charge >= 0.3 is 0 Å². The highest BCUT2D eigenvalue weighted by molar-refractivity contribution is 5.64. The molecule has 2 aromatic rings. The lowest BCUT2D eigenvalue weighted by Gasteiger charge is -2.05. The highest BCUT2D eigenvalue weighted by Gasteiger charge is 1.99. The summed E-state index contributed by atoms with van der Waals surface area (Å²) < 4.78 is 0. The molecule has 96 valence electrons. The number of nitriles is 1. The predicted molar refractivity (Wildman–Crippen MR) is 79.8 cm³/mol. The van der Waals surface area contributed by atoms with Gasteiger partial charge in [-0.15, -0.1) is 0 Å².